The van der Waals surface area contributed by atoms with Crippen molar-refractivity contribution in [3.63, 3.8) is 0 Å². The van der Waals surface area contributed by atoms with Crippen molar-refractivity contribution in [2.45, 2.75) is 25.0 Å². The van der Waals surface area contributed by atoms with Gasteiger partial charge in [0.15, 0.2) is 21.3 Å². The van der Waals surface area contributed by atoms with Gasteiger partial charge in [-0.2, -0.15) is 0 Å². The second kappa shape index (κ2) is 6.37. The molecule has 1 fully saturated rings. The lowest BCUT2D eigenvalue weighted by molar-refractivity contribution is 0.356. The fourth-order valence-corrected chi connectivity index (χ4v) is 4.57. The van der Waals surface area contributed by atoms with E-state index in [-0.39, 0.29) is 5.75 Å². The van der Waals surface area contributed by atoms with Gasteiger partial charge >= 0.3 is 0 Å². The number of hydrogen-bond donors (Lipinski definition) is 0. The van der Waals surface area contributed by atoms with E-state index in [9.17, 15) is 8.42 Å². The van der Waals surface area contributed by atoms with Crippen LogP contribution in [0.3, 0.4) is 0 Å². The molecule has 1 aliphatic heterocycles. The Hall–Kier alpha value is -2.02. The van der Waals surface area contributed by atoms with Crippen LogP contribution in [-0.4, -0.2) is 51.2 Å². The number of anilines is 1. The molecule has 0 atom stereocenters. The Kier molecular flexibility index (Phi) is 4.53. The number of benzene rings is 1. The first-order chi connectivity index (χ1) is 11.8. The summed E-state index contributed by atoms with van der Waals surface area (Å²) < 4.78 is 35.0. The van der Waals surface area contributed by atoms with Crippen LogP contribution in [0.4, 0.5) is 5.69 Å². The number of aromatic nitrogens is 1. The van der Waals surface area contributed by atoms with Crippen molar-refractivity contribution in [3.8, 4) is 11.5 Å². The number of sulfone groups is 1. The molecule has 1 saturated heterocycles. The first-order valence-corrected chi connectivity index (χ1v) is 9.92. The summed E-state index contributed by atoms with van der Waals surface area (Å²) in [7, 11) is 0.0734. The molecule has 0 aliphatic carbocycles. The smallest absolute Gasteiger partial charge is 0.162 e. The van der Waals surface area contributed by atoms with Crippen LogP contribution in [0.25, 0.3) is 10.9 Å². The van der Waals surface area contributed by atoms with Crippen LogP contribution in [-0.2, 0) is 9.84 Å². The highest BCUT2D eigenvalue weighted by Gasteiger charge is 2.37. The van der Waals surface area contributed by atoms with Crippen LogP contribution < -0.4 is 14.4 Å². The van der Waals surface area contributed by atoms with E-state index in [1.54, 1.807) is 20.4 Å². The molecule has 1 aromatic heterocycles. The molecular formula is C18H24N2O4S. The van der Waals surface area contributed by atoms with Crippen molar-refractivity contribution < 1.29 is 17.9 Å². The van der Waals surface area contributed by atoms with E-state index < -0.39 is 14.6 Å². The Morgan fingerprint density at radius 3 is 2.48 bits per heavy atom. The summed E-state index contributed by atoms with van der Waals surface area (Å²) >= 11 is 0. The number of fused-ring (bicyclic) bond motifs is 1. The van der Waals surface area contributed by atoms with Gasteiger partial charge in [-0.25, -0.2) is 8.42 Å². The Bertz CT molecular complexity index is 893. The fourth-order valence-electron chi connectivity index (χ4n) is 3.15. The third kappa shape index (κ3) is 3.13. The number of nitrogens with zero attached hydrogens (tertiary/aromatic N) is 2. The molecule has 0 bridgehead atoms. The van der Waals surface area contributed by atoms with Gasteiger partial charge in [-0.3, -0.25) is 4.98 Å². The topological polar surface area (TPSA) is 68.7 Å². The highest BCUT2D eigenvalue weighted by molar-refractivity contribution is 7.92. The lowest BCUT2D eigenvalue weighted by atomic mass is 10.1. The molecule has 3 rings (SSSR count). The van der Waals surface area contributed by atoms with Crippen LogP contribution in [0.5, 0.6) is 11.5 Å². The standard InChI is InChI=1S/C18H24N2O4S/c1-18(2)6-8-20(9-10-25(18,21)22)15-5-7-19-14-12-17(24-4)16(23-3)11-13(14)15/h5,7,11-12H,6,8-10H2,1-4H3. The van der Waals surface area contributed by atoms with Gasteiger partial charge in [-0.05, 0) is 32.4 Å². The minimum Gasteiger partial charge on any atom is -0.493 e. The zero-order valence-corrected chi connectivity index (χ0v) is 15.9. The molecule has 0 radical (unpaired) electrons. The van der Waals surface area contributed by atoms with Crippen LogP contribution in [0.1, 0.15) is 20.3 Å². The van der Waals surface area contributed by atoms with Gasteiger partial charge in [0, 0.05) is 36.4 Å². The number of ether oxygens (including phenoxy) is 2. The molecule has 0 N–H and O–H groups in total. The molecule has 0 saturated carbocycles. The third-order valence-corrected chi connectivity index (χ3v) is 7.63. The second-order valence-corrected chi connectivity index (χ2v) is 9.61. The summed E-state index contributed by atoms with van der Waals surface area (Å²) in [5.41, 5.74) is 1.76. The molecule has 136 valence electrons. The highest BCUT2D eigenvalue weighted by Crippen LogP contribution is 2.37. The SMILES string of the molecule is COc1cc2nccc(N3CCC(C)(C)S(=O)(=O)CC3)c2cc1OC. The van der Waals surface area contributed by atoms with Crippen molar-refractivity contribution in [1.29, 1.82) is 0 Å². The summed E-state index contributed by atoms with van der Waals surface area (Å²) in [6, 6.07) is 5.68. The van der Waals surface area contributed by atoms with Gasteiger partial charge in [-0.1, -0.05) is 0 Å². The van der Waals surface area contributed by atoms with Crippen LogP contribution >= 0.6 is 0 Å². The van der Waals surface area contributed by atoms with Gasteiger partial charge in [0.2, 0.25) is 0 Å². The molecule has 7 heteroatoms. The minimum atomic E-state index is -3.12. The zero-order valence-electron chi connectivity index (χ0n) is 15.1. The molecule has 25 heavy (non-hydrogen) atoms. The van der Waals surface area contributed by atoms with E-state index in [1.807, 2.05) is 32.0 Å². The molecule has 0 unspecified atom stereocenters. The first-order valence-electron chi connectivity index (χ1n) is 8.27. The van der Waals surface area contributed by atoms with Crippen molar-refractivity contribution in [2.24, 2.45) is 0 Å². The van der Waals surface area contributed by atoms with Crippen molar-refractivity contribution in [2.75, 3.05) is 38.0 Å². The van der Waals surface area contributed by atoms with Gasteiger partial charge in [-0.15, -0.1) is 0 Å². The second-order valence-electron chi connectivity index (χ2n) is 6.87. The van der Waals surface area contributed by atoms with Crippen molar-refractivity contribution >= 4 is 26.4 Å². The van der Waals surface area contributed by atoms with Crippen LogP contribution in [0.2, 0.25) is 0 Å². The Balaban J connectivity index is 2.07. The zero-order chi connectivity index (χ0) is 18.2. The Morgan fingerprint density at radius 1 is 1.12 bits per heavy atom. The molecule has 0 spiro atoms. The van der Waals surface area contributed by atoms with E-state index in [0.29, 0.717) is 31.0 Å². The lowest BCUT2D eigenvalue weighted by Crippen LogP contribution is -2.33. The normalized spacial score (nSPS) is 19.4. The van der Waals surface area contributed by atoms with E-state index in [2.05, 4.69) is 9.88 Å². The van der Waals surface area contributed by atoms with E-state index in [4.69, 9.17) is 9.47 Å². The summed E-state index contributed by atoms with van der Waals surface area (Å²) in [5, 5.41) is 0.928. The monoisotopic (exact) mass is 364 g/mol. The molecular weight excluding hydrogens is 340 g/mol. The number of rotatable bonds is 3. The lowest BCUT2D eigenvalue weighted by Gasteiger charge is -2.25. The maximum atomic E-state index is 12.5. The number of pyridine rings is 1. The quantitative estimate of drug-likeness (QED) is 0.834. The van der Waals surface area contributed by atoms with E-state index in [1.165, 1.54) is 0 Å². The molecule has 1 aromatic carbocycles. The largest absolute Gasteiger partial charge is 0.493 e. The van der Waals surface area contributed by atoms with Gasteiger partial charge in [0.1, 0.15) is 0 Å². The number of methoxy groups -OCH3 is 2. The van der Waals surface area contributed by atoms with E-state index in [0.717, 1.165) is 16.6 Å². The predicted molar refractivity (Wildman–Crippen MR) is 99.5 cm³/mol. The van der Waals surface area contributed by atoms with Crippen LogP contribution in [0.15, 0.2) is 24.4 Å². The average molecular weight is 364 g/mol. The van der Waals surface area contributed by atoms with Gasteiger partial charge in [0.25, 0.3) is 0 Å². The molecule has 2 aromatic rings. The average Bonchev–Trinajstić information content (AvgIpc) is 2.69. The molecule has 2 heterocycles. The van der Waals surface area contributed by atoms with Gasteiger partial charge < -0.3 is 14.4 Å². The van der Waals surface area contributed by atoms with Crippen LogP contribution in [0, 0.1) is 0 Å². The summed E-state index contributed by atoms with van der Waals surface area (Å²) in [6.45, 7) is 4.77. The molecule has 6 nitrogen and oxygen atoms in total. The van der Waals surface area contributed by atoms with Crippen molar-refractivity contribution in [1.82, 2.24) is 4.98 Å². The van der Waals surface area contributed by atoms with Gasteiger partial charge in [0.05, 0.1) is 30.2 Å². The summed E-state index contributed by atoms with van der Waals surface area (Å²) in [6.07, 6.45) is 2.33. The third-order valence-electron chi connectivity index (χ3n) is 5.02. The maximum absolute atomic E-state index is 12.5. The fraction of sp³-hybridized carbons (Fsp3) is 0.500. The Morgan fingerprint density at radius 2 is 1.80 bits per heavy atom. The maximum Gasteiger partial charge on any atom is 0.162 e. The molecule has 0 amide bonds. The summed E-state index contributed by atoms with van der Waals surface area (Å²) in [4.78, 5) is 6.55. The Labute approximate surface area is 148 Å². The van der Waals surface area contributed by atoms with Crippen molar-refractivity contribution in [3.05, 3.63) is 24.4 Å². The highest BCUT2D eigenvalue weighted by atomic mass is 32.2. The summed E-state index contributed by atoms with van der Waals surface area (Å²) in [5.74, 6) is 1.41. The minimum absolute atomic E-state index is 0.150. The van der Waals surface area contributed by atoms with E-state index >= 15 is 0 Å². The predicted octanol–water partition coefficient (Wildman–Crippen LogP) is 2.66. The number of hydrogen-bond acceptors (Lipinski definition) is 6. The first kappa shape index (κ1) is 17.8. The molecule has 1 aliphatic rings.